The van der Waals surface area contributed by atoms with E-state index in [0.717, 1.165) is 5.56 Å². The van der Waals surface area contributed by atoms with Crippen molar-refractivity contribution < 1.29 is 4.39 Å². The van der Waals surface area contributed by atoms with Crippen molar-refractivity contribution in [3.63, 3.8) is 0 Å². The summed E-state index contributed by atoms with van der Waals surface area (Å²) in [4.78, 5) is 4.08. The molecule has 18 heavy (non-hydrogen) atoms. The highest BCUT2D eigenvalue weighted by atomic mass is 19.1. The Morgan fingerprint density at radius 2 is 2.00 bits per heavy atom. The molecule has 1 atom stereocenters. The van der Waals surface area contributed by atoms with Crippen LogP contribution >= 0.6 is 0 Å². The molecule has 0 radical (unpaired) electrons. The fourth-order valence-corrected chi connectivity index (χ4v) is 2.18. The number of pyridine rings is 1. The zero-order valence-electron chi connectivity index (χ0n) is 10.4. The van der Waals surface area contributed by atoms with Gasteiger partial charge in [0.1, 0.15) is 5.82 Å². The summed E-state index contributed by atoms with van der Waals surface area (Å²) in [5.74, 6) is -0.200. The van der Waals surface area contributed by atoms with Gasteiger partial charge in [0.25, 0.3) is 0 Å². The highest BCUT2D eigenvalue weighted by molar-refractivity contribution is 5.29. The van der Waals surface area contributed by atoms with Crippen LogP contribution < -0.4 is 5.73 Å². The van der Waals surface area contributed by atoms with E-state index in [1.54, 1.807) is 24.5 Å². The average Bonchev–Trinajstić information content (AvgIpc) is 2.40. The normalized spacial score (nSPS) is 14.2. The Morgan fingerprint density at radius 3 is 2.61 bits per heavy atom. The largest absolute Gasteiger partial charge is 0.330 e. The number of hydrogen-bond acceptors (Lipinski definition) is 2. The minimum atomic E-state index is -0.408. The van der Waals surface area contributed by atoms with E-state index in [-0.39, 0.29) is 5.82 Å². The first-order valence-corrected chi connectivity index (χ1v) is 6.00. The van der Waals surface area contributed by atoms with Crippen LogP contribution in [0.2, 0.25) is 0 Å². The number of hydrogen-bond donors (Lipinski definition) is 1. The summed E-state index contributed by atoms with van der Waals surface area (Å²) in [6.07, 6.45) is 4.21. The van der Waals surface area contributed by atoms with Gasteiger partial charge in [-0.25, -0.2) is 4.39 Å². The second kappa shape index (κ2) is 5.27. The van der Waals surface area contributed by atoms with Crippen molar-refractivity contribution in [2.24, 2.45) is 5.73 Å². The van der Waals surface area contributed by atoms with Crippen molar-refractivity contribution in [2.75, 3.05) is 6.54 Å². The number of halogens is 1. The maximum Gasteiger partial charge on any atom is 0.127 e. The van der Waals surface area contributed by atoms with E-state index >= 15 is 0 Å². The molecule has 0 amide bonds. The number of benzene rings is 1. The van der Waals surface area contributed by atoms with E-state index in [1.807, 2.05) is 25.1 Å². The van der Waals surface area contributed by atoms with E-state index in [4.69, 9.17) is 5.73 Å². The predicted molar refractivity (Wildman–Crippen MR) is 70.7 cm³/mol. The number of aromatic nitrogens is 1. The lowest BCUT2D eigenvalue weighted by Gasteiger charge is -2.29. The summed E-state index contributed by atoms with van der Waals surface area (Å²) in [6, 6.07) is 10.7. The van der Waals surface area contributed by atoms with E-state index in [1.165, 1.54) is 6.07 Å². The van der Waals surface area contributed by atoms with E-state index in [0.29, 0.717) is 18.5 Å². The van der Waals surface area contributed by atoms with Gasteiger partial charge in [-0.1, -0.05) is 31.2 Å². The van der Waals surface area contributed by atoms with Crippen LogP contribution in [-0.4, -0.2) is 11.5 Å². The van der Waals surface area contributed by atoms with Crippen molar-refractivity contribution in [1.82, 2.24) is 4.98 Å². The summed E-state index contributed by atoms with van der Waals surface area (Å²) in [5, 5.41) is 0. The first-order valence-electron chi connectivity index (χ1n) is 6.00. The summed E-state index contributed by atoms with van der Waals surface area (Å²) >= 11 is 0. The van der Waals surface area contributed by atoms with Crippen LogP contribution in [0.5, 0.6) is 0 Å². The molecule has 3 heteroatoms. The molecule has 0 aliphatic rings. The topological polar surface area (TPSA) is 38.9 Å². The van der Waals surface area contributed by atoms with Gasteiger partial charge in [0.2, 0.25) is 0 Å². The standard InChI is InChI=1S/C15H17FN2/c1-15(11-17,9-12-5-4-8-18-10-12)13-6-2-3-7-14(13)16/h2-8,10H,9,11,17H2,1H3. The quantitative estimate of drug-likeness (QED) is 0.898. The molecule has 0 aliphatic carbocycles. The van der Waals surface area contributed by atoms with Crippen LogP contribution in [0, 0.1) is 5.82 Å². The van der Waals surface area contributed by atoms with Crippen LogP contribution in [-0.2, 0) is 11.8 Å². The molecule has 94 valence electrons. The Balaban J connectivity index is 2.34. The molecule has 2 aromatic rings. The van der Waals surface area contributed by atoms with Crippen molar-refractivity contribution >= 4 is 0 Å². The summed E-state index contributed by atoms with van der Waals surface area (Å²) < 4.78 is 13.9. The SMILES string of the molecule is CC(CN)(Cc1cccnc1)c1ccccc1F. The molecule has 0 bridgehead atoms. The maximum absolute atomic E-state index is 13.9. The summed E-state index contributed by atoms with van der Waals surface area (Å²) in [7, 11) is 0. The number of nitrogens with zero attached hydrogens (tertiary/aromatic N) is 1. The molecule has 1 heterocycles. The molecule has 0 spiro atoms. The lowest BCUT2D eigenvalue weighted by atomic mass is 9.77. The van der Waals surface area contributed by atoms with Gasteiger partial charge >= 0.3 is 0 Å². The van der Waals surface area contributed by atoms with Crippen LogP contribution in [0.4, 0.5) is 4.39 Å². The molecule has 0 saturated heterocycles. The van der Waals surface area contributed by atoms with Gasteiger partial charge in [-0.2, -0.15) is 0 Å². The van der Waals surface area contributed by atoms with E-state index in [2.05, 4.69) is 4.98 Å². The molecule has 0 saturated carbocycles. The van der Waals surface area contributed by atoms with Gasteiger partial charge < -0.3 is 5.73 Å². The van der Waals surface area contributed by atoms with Crippen LogP contribution in [0.1, 0.15) is 18.1 Å². The molecule has 1 aromatic heterocycles. The Morgan fingerprint density at radius 1 is 1.22 bits per heavy atom. The second-order valence-corrected chi connectivity index (χ2v) is 4.78. The third-order valence-electron chi connectivity index (χ3n) is 3.29. The van der Waals surface area contributed by atoms with Gasteiger partial charge in [-0.3, -0.25) is 4.98 Å². The highest BCUT2D eigenvalue weighted by Gasteiger charge is 2.28. The molecule has 2 rings (SSSR count). The Bertz CT molecular complexity index is 513. The first-order chi connectivity index (χ1) is 8.65. The molecule has 0 aliphatic heterocycles. The maximum atomic E-state index is 13.9. The minimum Gasteiger partial charge on any atom is -0.330 e. The molecular weight excluding hydrogens is 227 g/mol. The third kappa shape index (κ3) is 2.57. The third-order valence-corrected chi connectivity index (χ3v) is 3.29. The fraction of sp³-hybridized carbons (Fsp3) is 0.267. The van der Waals surface area contributed by atoms with Gasteiger partial charge in [0, 0.05) is 24.4 Å². The first kappa shape index (κ1) is 12.7. The number of nitrogens with two attached hydrogens (primary N) is 1. The lowest BCUT2D eigenvalue weighted by molar-refractivity contribution is 0.449. The molecule has 1 unspecified atom stereocenters. The van der Waals surface area contributed by atoms with Gasteiger partial charge in [0.15, 0.2) is 0 Å². The van der Waals surface area contributed by atoms with Crippen molar-refractivity contribution in [1.29, 1.82) is 0 Å². The van der Waals surface area contributed by atoms with Crippen LogP contribution in [0.15, 0.2) is 48.8 Å². The minimum absolute atomic E-state index is 0.200. The van der Waals surface area contributed by atoms with Crippen molar-refractivity contribution in [3.8, 4) is 0 Å². The van der Waals surface area contributed by atoms with E-state index < -0.39 is 5.41 Å². The Hall–Kier alpha value is -1.74. The van der Waals surface area contributed by atoms with Gasteiger partial charge in [-0.15, -0.1) is 0 Å². The average molecular weight is 244 g/mol. The molecular formula is C15H17FN2. The van der Waals surface area contributed by atoms with Gasteiger partial charge in [0.05, 0.1) is 0 Å². The van der Waals surface area contributed by atoms with Crippen molar-refractivity contribution in [2.45, 2.75) is 18.8 Å². The highest BCUT2D eigenvalue weighted by Crippen LogP contribution is 2.28. The zero-order valence-corrected chi connectivity index (χ0v) is 10.4. The monoisotopic (exact) mass is 244 g/mol. The lowest BCUT2D eigenvalue weighted by Crippen LogP contribution is -2.35. The molecule has 2 N–H and O–H groups in total. The van der Waals surface area contributed by atoms with Crippen LogP contribution in [0.25, 0.3) is 0 Å². The van der Waals surface area contributed by atoms with Crippen molar-refractivity contribution in [3.05, 3.63) is 65.7 Å². The molecule has 1 aromatic carbocycles. The Labute approximate surface area is 107 Å². The van der Waals surface area contributed by atoms with Gasteiger partial charge in [-0.05, 0) is 29.7 Å². The summed E-state index contributed by atoms with van der Waals surface area (Å²) in [6.45, 7) is 2.38. The van der Waals surface area contributed by atoms with Crippen LogP contribution in [0.3, 0.4) is 0 Å². The summed E-state index contributed by atoms with van der Waals surface area (Å²) in [5.41, 5.74) is 7.19. The second-order valence-electron chi connectivity index (χ2n) is 4.78. The molecule has 0 fully saturated rings. The zero-order chi connectivity index (χ0) is 13.0. The fourth-order valence-electron chi connectivity index (χ4n) is 2.18. The number of rotatable bonds is 4. The Kier molecular flexibility index (Phi) is 3.72. The predicted octanol–water partition coefficient (Wildman–Crippen LogP) is 2.68. The van der Waals surface area contributed by atoms with E-state index in [9.17, 15) is 4.39 Å². The smallest absolute Gasteiger partial charge is 0.127 e. The molecule has 2 nitrogen and oxygen atoms in total.